The molecule has 9 aromatic rings. The van der Waals surface area contributed by atoms with Crippen molar-refractivity contribution in [1.82, 2.24) is 0 Å². The lowest BCUT2D eigenvalue weighted by Gasteiger charge is -2.26. The third-order valence-corrected chi connectivity index (χ3v) is 15.8. The number of terminal acetylenes is 1. The summed E-state index contributed by atoms with van der Waals surface area (Å²) < 4.78 is 11.8. The van der Waals surface area contributed by atoms with Crippen LogP contribution in [0.15, 0.2) is 137 Å². The van der Waals surface area contributed by atoms with E-state index in [4.69, 9.17) is 11.2 Å². The van der Waals surface area contributed by atoms with E-state index >= 15 is 0 Å². The number of halogens is 1. The highest BCUT2D eigenvalue weighted by atomic mass is 79.9. The molecule has 0 amide bonds. The van der Waals surface area contributed by atoms with Crippen LogP contribution in [0.4, 0.5) is 17.1 Å². The average Bonchev–Trinajstić information content (AvgIpc) is 4.02. The average molecular weight is 885 g/mol. The zero-order chi connectivity index (χ0) is 39.2. The van der Waals surface area contributed by atoms with Gasteiger partial charge in [-0.05, 0) is 160 Å². The molecule has 0 unspecified atom stereocenters. The predicted octanol–water partition coefficient (Wildman–Crippen LogP) is 15.1. The van der Waals surface area contributed by atoms with Gasteiger partial charge in [-0.2, -0.15) is 0 Å². The number of nitrogens with zero attached hydrogens (tertiary/aromatic N) is 1. The van der Waals surface area contributed by atoms with Gasteiger partial charge in [0.15, 0.2) is 0 Å². The van der Waals surface area contributed by atoms with Gasteiger partial charge in [-0.3, -0.25) is 0 Å². The van der Waals surface area contributed by atoms with Crippen LogP contribution >= 0.6 is 61.3 Å². The number of methoxy groups -OCH3 is 1. The fraction of sp³-hybridized carbons (Fsp3) is 0.0980. The van der Waals surface area contributed by atoms with Crippen LogP contribution in [0.25, 0.3) is 39.7 Å². The van der Waals surface area contributed by atoms with Crippen molar-refractivity contribution < 1.29 is 4.74 Å². The van der Waals surface area contributed by atoms with Gasteiger partial charge in [-0.25, -0.2) is 0 Å². The highest BCUT2D eigenvalue weighted by molar-refractivity contribution is 9.11. The van der Waals surface area contributed by atoms with Crippen LogP contribution in [0.1, 0.15) is 38.3 Å². The molecule has 0 spiro atoms. The molecule has 4 aliphatic rings. The summed E-state index contributed by atoms with van der Waals surface area (Å²) in [6, 6.07) is 48.6. The van der Waals surface area contributed by atoms with Gasteiger partial charge in [-0.1, -0.05) is 66.3 Å². The Hall–Kier alpha value is -5.38. The smallest absolute Gasteiger partial charge is 0.119 e. The second-order valence-electron chi connectivity index (χ2n) is 14.3. The molecule has 4 aliphatic carbocycles. The highest BCUT2D eigenvalue weighted by Gasteiger charge is 2.16. The van der Waals surface area contributed by atoms with Crippen molar-refractivity contribution in [2.75, 3.05) is 12.0 Å². The van der Waals surface area contributed by atoms with E-state index in [2.05, 4.69) is 160 Å². The summed E-state index contributed by atoms with van der Waals surface area (Å²) in [5.41, 5.74) is 13.0. The Bertz CT molecular complexity index is 3010. The van der Waals surface area contributed by atoms with Gasteiger partial charge in [0.2, 0.25) is 0 Å². The fourth-order valence-corrected chi connectivity index (χ4v) is 12.9. The van der Waals surface area contributed by atoms with Crippen molar-refractivity contribution in [1.29, 1.82) is 0 Å². The van der Waals surface area contributed by atoms with Gasteiger partial charge in [0, 0.05) is 56.7 Å². The first-order chi connectivity index (χ1) is 28.5. The van der Waals surface area contributed by atoms with Gasteiger partial charge in [0.25, 0.3) is 0 Å². The predicted molar refractivity (Wildman–Crippen MR) is 254 cm³/mol. The van der Waals surface area contributed by atoms with Crippen LogP contribution < -0.4 is 9.64 Å². The van der Waals surface area contributed by atoms with Crippen molar-refractivity contribution in [2.45, 2.75) is 25.7 Å². The van der Waals surface area contributed by atoms with E-state index in [1.54, 1.807) is 29.8 Å². The molecule has 58 heavy (non-hydrogen) atoms. The lowest BCUT2D eigenvalue weighted by Crippen LogP contribution is -2.09. The summed E-state index contributed by atoms with van der Waals surface area (Å²) in [5, 5.41) is 0. The van der Waals surface area contributed by atoms with Gasteiger partial charge >= 0.3 is 0 Å². The molecule has 0 aliphatic heterocycles. The topological polar surface area (TPSA) is 12.5 Å². The molecular formula is C51H34BrNOS4. The van der Waals surface area contributed by atoms with Crippen molar-refractivity contribution in [3.05, 3.63) is 176 Å². The molecule has 2 nitrogen and oxygen atoms in total. The van der Waals surface area contributed by atoms with Gasteiger partial charge in [0.1, 0.15) is 5.75 Å². The van der Waals surface area contributed by atoms with Crippen molar-refractivity contribution in [3.8, 4) is 50.8 Å². The number of hydrogen-bond acceptors (Lipinski definition) is 6. The standard InChI is InChI=1S/C51H34BrNOS4/c1-3-34-26-32-4-8-35(34)9-5-33-7-11-36(10-6-32)39(27-33)16-25-44-28-47-48(55-44)29-45(56-47)37-12-17-40(18-13-37)53(42-21-23-43(54-2)24-22-42)41-19-14-38(15-20-41)46-30-49-50(57-46)31-51(52)58-49/h1,4,7-8,11-15,17-24,26-31H,5-6,9-10H2,2H3. The van der Waals surface area contributed by atoms with Crippen LogP contribution in [0.5, 0.6) is 5.75 Å². The number of thiophene rings is 4. The van der Waals surface area contributed by atoms with Crippen molar-refractivity contribution in [3.63, 3.8) is 0 Å². The molecule has 0 saturated carbocycles. The number of rotatable bonds is 6. The molecule has 4 bridgehead atoms. The van der Waals surface area contributed by atoms with E-state index in [0.29, 0.717) is 0 Å². The maximum absolute atomic E-state index is 5.86. The van der Waals surface area contributed by atoms with E-state index in [-0.39, 0.29) is 0 Å². The number of hydrogen-bond donors (Lipinski definition) is 0. The second kappa shape index (κ2) is 15.8. The van der Waals surface area contributed by atoms with E-state index in [0.717, 1.165) is 64.5 Å². The summed E-state index contributed by atoms with van der Waals surface area (Å²) in [6.07, 6.45) is 9.62. The number of benzene rings is 5. The Morgan fingerprint density at radius 2 is 1.05 bits per heavy atom. The normalized spacial score (nSPS) is 12.2. The molecule has 0 fully saturated rings. The maximum Gasteiger partial charge on any atom is 0.119 e. The Labute approximate surface area is 363 Å². The lowest BCUT2D eigenvalue weighted by molar-refractivity contribution is 0.415. The first-order valence-electron chi connectivity index (χ1n) is 19.1. The number of fused-ring (bicyclic) bond motifs is 2. The highest BCUT2D eigenvalue weighted by Crippen LogP contribution is 2.43. The Balaban J connectivity index is 0.896. The molecule has 4 heterocycles. The molecule has 13 rings (SSSR count). The van der Waals surface area contributed by atoms with E-state index in [1.165, 1.54) is 65.7 Å². The summed E-state index contributed by atoms with van der Waals surface area (Å²) in [7, 11) is 1.70. The van der Waals surface area contributed by atoms with E-state index in [1.807, 2.05) is 34.8 Å². The zero-order valence-corrected chi connectivity index (χ0v) is 36.3. The minimum atomic E-state index is 0.835. The first-order valence-corrected chi connectivity index (χ1v) is 23.1. The summed E-state index contributed by atoms with van der Waals surface area (Å²) in [5.74, 6) is 10.8. The molecule has 0 radical (unpaired) electrons. The Morgan fingerprint density at radius 3 is 1.60 bits per heavy atom. The van der Waals surface area contributed by atoms with Crippen LogP contribution in [-0.4, -0.2) is 7.11 Å². The van der Waals surface area contributed by atoms with Crippen LogP contribution in [-0.2, 0) is 25.7 Å². The molecular weight excluding hydrogens is 851 g/mol. The molecule has 5 aromatic carbocycles. The number of ether oxygens (including phenoxy) is 1. The molecule has 0 atom stereocenters. The minimum absolute atomic E-state index is 0.835. The third-order valence-electron chi connectivity index (χ3n) is 10.7. The SMILES string of the molecule is C#Cc1cc2ccc1CCc1ccc(c(C#Cc3cc4sc(-c5ccc(N(c6ccc(OC)cc6)c6ccc(-c7cc8sc(Br)cc8s7)cc6)cc5)cc4s3)c1)CC2. The quantitative estimate of drug-likeness (QED) is 0.154. The van der Waals surface area contributed by atoms with Crippen LogP contribution in [0.3, 0.4) is 0 Å². The Morgan fingerprint density at radius 1 is 0.534 bits per heavy atom. The molecule has 280 valence electrons. The van der Waals surface area contributed by atoms with E-state index < -0.39 is 0 Å². The number of aryl methyl sites for hydroxylation is 4. The van der Waals surface area contributed by atoms with Crippen LogP contribution in [0, 0.1) is 24.2 Å². The first kappa shape index (κ1) is 36.9. The zero-order valence-electron chi connectivity index (χ0n) is 31.5. The van der Waals surface area contributed by atoms with Crippen molar-refractivity contribution >= 4 is 97.1 Å². The summed E-state index contributed by atoms with van der Waals surface area (Å²) in [4.78, 5) is 5.94. The van der Waals surface area contributed by atoms with Crippen molar-refractivity contribution in [2.24, 2.45) is 0 Å². The molecule has 0 N–H and O–H groups in total. The molecule has 7 heteroatoms. The summed E-state index contributed by atoms with van der Waals surface area (Å²) in [6.45, 7) is 0. The van der Waals surface area contributed by atoms with Gasteiger partial charge < -0.3 is 9.64 Å². The largest absolute Gasteiger partial charge is 0.497 e. The van der Waals surface area contributed by atoms with E-state index in [9.17, 15) is 0 Å². The van der Waals surface area contributed by atoms with Gasteiger partial charge in [0.05, 0.1) is 15.8 Å². The molecule has 0 saturated heterocycles. The lowest BCUT2D eigenvalue weighted by atomic mass is 9.91. The maximum atomic E-state index is 5.86. The monoisotopic (exact) mass is 883 g/mol. The fourth-order valence-electron chi connectivity index (χ4n) is 7.65. The summed E-state index contributed by atoms with van der Waals surface area (Å²) >= 11 is 10.8. The van der Waals surface area contributed by atoms with Gasteiger partial charge in [-0.15, -0.1) is 51.8 Å². The van der Waals surface area contributed by atoms with Crippen LogP contribution in [0.2, 0.25) is 0 Å². The Kier molecular flexibility index (Phi) is 10.0. The minimum Gasteiger partial charge on any atom is -0.497 e. The third kappa shape index (κ3) is 7.42. The second-order valence-corrected chi connectivity index (χ2v) is 20.1. The number of anilines is 3. The molecule has 4 aromatic heterocycles.